The number of aromatic amines is 1. The fourth-order valence-corrected chi connectivity index (χ4v) is 4.08. The number of para-hydroxylation sites is 1. The van der Waals surface area contributed by atoms with E-state index < -0.39 is 0 Å². The molecule has 2 N–H and O–H groups in total. The van der Waals surface area contributed by atoms with Gasteiger partial charge in [0, 0.05) is 29.3 Å². The predicted molar refractivity (Wildman–Crippen MR) is 116 cm³/mol. The summed E-state index contributed by atoms with van der Waals surface area (Å²) in [5.41, 5.74) is 3.26. The van der Waals surface area contributed by atoms with Crippen LogP contribution in [-0.2, 0) is 4.74 Å². The van der Waals surface area contributed by atoms with Crippen molar-refractivity contribution in [2.75, 3.05) is 13.2 Å². The maximum absolute atomic E-state index is 13.2. The average Bonchev–Trinajstić information content (AvgIpc) is 3.25. The number of phenolic OH excluding ortho intramolecular Hbond substituents is 1. The van der Waals surface area contributed by atoms with Crippen molar-refractivity contribution in [1.29, 1.82) is 0 Å². The average molecular weight is 426 g/mol. The number of hydrogen-bond acceptors (Lipinski definition) is 4. The number of phenols is 1. The zero-order valence-electron chi connectivity index (χ0n) is 16.9. The van der Waals surface area contributed by atoms with Crippen molar-refractivity contribution in [1.82, 2.24) is 15.1 Å². The number of hydrogen-bond donors (Lipinski definition) is 2. The molecule has 30 heavy (non-hydrogen) atoms. The smallest absolute Gasteiger partial charge is 0.273 e. The third-order valence-electron chi connectivity index (χ3n) is 5.18. The van der Waals surface area contributed by atoms with Crippen molar-refractivity contribution in [2.45, 2.75) is 32.4 Å². The van der Waals surface area contributed by atoms with E-state index in [0.717, 1.165) is 11.1 Å². The topological polar surface area (TPSA) is 78.5 Å². The number of rotatable bonds is 7. The number of nitrogens with one attached hydrogen (secondary N) is 1. The minimum absolute atomic E-state index is 0.117. The summed E-state index contributed by atoms with van der Waals surface area (Å²) < 4.78 is 5.65. The van der Waals surface area contributed by atoms with E-state index in [9.17, 15) is 9.90 Å². The Morgan fingerprint density at radius 3 is 2.77 bits per heavy atom. The van der Waals surface area contributed by atoms with Crippen molar-refractivity contribution in [3.05, 3.63) is 70.4 Å². The van der Waals surface area contributed by atoms with Gasteiger partial charge >= 0.3 is 0 Å². The fraction of sp³-hybridized carbons (Fsp3) is 0.304. The fourth-order valence-electron chi connectivity index (χ4n) is 3.88. The number of carbonyl (C=O) groups is 1. The molecule has 6 nitrogen and oxygen atoms in total. The second-order valence-electron chi connectivity index (χ2n) is 7.61. The van der Waals surface area contributed by atoms with E-state index >= 15 is 0 Å². The Labute approximate surface area is 180 Å². The van der Waals surface area contributed by atoms with Crippen molar-refractivity contribution in [3.8, 4) is 17.0 Å². The van der Waals surface area contributed by atoms with Crippen LogP contribution in [0.3, 0.4) is 0 Å². The molecule has 3 aromatic rings. The first-order chi connectivity index (χ1) is 14.5. The number of aromatic hydroxyl groups is 1. The summed E-state index contributed by atoms with van der Waals surface area (Å²) in [6, 6.07) is 14.2. The standard InChI is InChI=1S/C23H24ClN3O3/c1-14(2)30-12-6-11-27-22(15-7-5-8-16(24)13-15)19-20(25-26-21(19)23(27)29)17-9-3-4-10-18(17)28/h3-5,7-10,13-14,22,28H,6,11-12H2,1-2H3,(H,25,26)/t22-/m1/s1. The van der Waals surface area contributed by atoms with Crippen LogP contribution in [0.5, 0.6) is 5.75 Å². The highest BCUT2D eigenvalue weighted by atomic mass is 35.5. The van der Waals surface area contributed by atoms with Crippen molar-refractivity contribution in [3.63, 3.8) is 0 Å². The first-order valence-corrected chi connectivity index (χ1v) is 10.4. The first-order valence-electron chi connectivity index (χ1n) is 10.0. The van der Waals surface area contributed by atoms with E-state index in [1.165, 1.54) is 0 Å². The molecule has 0 saturated carbocycles. The van der Waals surface area contributed by atoms with E-state index in [-0.39, 0.29) is 23.8 Å². The third kappa shape index (κ3) is 3.80. The molecule has 1 aliphatic rings. The highest BCUT2D eigenvalue weighted by Crippen LogP contribution is 2.44. The molecule has 0 unspecified atom stereocenters. The molecule has 0 aliphatic carbocycles. The zero-order chi connectivity index (χ0) is 21.3. The predicted octanol–water partition coefficient (Wildman–Crippen LogP) is 4.80. The van der Waals surface area contributed by atoms with Crippen molar-refractivity contribution in [2.24, 2.45) is 0 Å². The van der Waals surface area contributed by atoms with Crippen LogP contribution in [0.1, 0.15) is 47.9 Å². The van der Waals surface area contributed by atoms with Crippen LogP contribution in [0, 0.1) is 0 Å². The molecule has 1 aliphatic heterocycles. The Morgan fingerprint density at radius 1 is 1.23 bits per heavy atom. The van der Waals surface area contributed by atoms with Gasteiger partial charge in [-0.1, -0.05) is 35.9 Å². The summed E-state index contributed by atoms with van der Waals surface area (Å²) >= 11 is 6.27. The molecule has 1 amide bonds. The van der Waals surface area contributed by atoms with Crippen LogP contribution < -0.4 is 0 Å². The molecule has 0 bridgehead atoms. The third-order valence-corrected chi connectivity index (χ3v) is 5.42. The zero-order valence-corrected chi connectivity index (χ0v) is 17.7. The van der Waals surface area contributed by atoms with Gasteiger partial charge in [-0.25, -0.2) is 0 Å². The van der Waals surface area contributed by atoms with E-state index in [0.29, 0.717) is 41.5 Å². The Balaban J connectivity index is 1.76. The quantitative estimate of drug-likeness (QED) is 0.533. The van der Waals surface area contributed by atoms with Gasteiger partial charge in [-0.15, -0.1) is 0 Å². The Hall–Kier alpha value is -2.83. The molecule has 2 heterocycles. The Bertz CT molecular complexity index is 1060. The molecular formula is C23H24ClN3O3. The summed E-state index contributed by atoms with van der Waals surface area (Å²) in [6.45, 7) is 5.09. The van der Waals surface area contributed by atoms with Gasteiger partial charge < -0.3 is 14.7 Å². The minimum Gasteiger partial charge on any atom is -0.507 e. The lowest BCUT2D eigenvalue weighted by atomic mass is 9.95. The van der Waals surface area contributed by atoms with Crippen LogP contribution in [0.25, 0.3) is 11.3 Å². The van der Waals surface area contributed by atoms with Gasteiger partial charge in [0.1, 0.15) is 17.1 Å². The molecule has 1 aromatic heterocycles. The van der Waals surface area contributed by atoms with Crippen LogP contribution in [0.2, 0.25) is 5.02 Å². The number of carbonyl (C=O) groups excluding carboxylic acids is 1. The van der Waals surface area contributed by atoms with Gasteiger partial charge in [-0.3, -0.25) is 9.89 Å². The van der Waals surface area contributed by atoms with E-state index in [4.69, 9.17) is 16.3 Å². The molecule has 4 rings (SSSR count). The second-order valence-corrected chi connectivity index (χ2v) is 8.04. The number of H-pyrrole nitrogens is 1. The van der Waals surface area contributed by atoms with Crippen LogP contribution >= 0.6 is 11.6 Å². The van der Waals surface area contributed by atoms with Crippen molar-refractivity contribution < 1.29 is 14.6 Å². The number of amides is 1. The van der Waals surface area contributed by atoms with Crippen LogP contribution in [-0.4, -0.2) is 45.4 Å². The van der Waals surface area contributed by atoms with Crippen LogP contribution in [0.4, 0.5) is 0 Å². The number of ether oxygens (including phenoxy) is 1. The summed E-state index contributed by atoms with van der Waals surface area (Å²) in [6.07, 6.45) is 0.859. The monoisotopic (exact) mass is 425 g/mol. The normalized spacial score (nSPS) is 15.8. The lowest BCUT2D eigenvalue weighted by Gasteiger charge is -2.26. The first kappa shape index (κ1) is 20.4. The Morgan fingerprint density at radius 2 is 2.03 bits per heavy atom. The number of halogens is 1. The van der Waals surface area contributed by atoms with Gasteiger partial charge in [0.2, 0.25) is 0 Å². The molecule has 1 atom stereocenters. The summed E-state index contributed by atoms with van der Waals surface area (Å²) in [4.78, 5) is 15.1. The molecule has 0 radical (unpaired) electrons. The molecule has 2 aromatic carbocycles. The maximum atomic E-state index is 13.2. The van der Waals surface area contributed by atoms with E-state index in [1.54, 1.807) is 18.2 Å². The van der Waals surface area contributed by atoms with Crippen LogP contribution in [0.15, 0.2) is 48.5 Å². The maximum Gasteiger partial charge on any atom is 0.273 e. The number of benzene rings is 2. The molecular weight excluding hydrogens is 402 g/mol. The van der Waals surface area contributed by atoms with Crippen molar-refractivity contribution >= 4 is 17.5 Å². The molecule has 0 spiro atoms. The van der Waals surface area contributed by atoms with E-state index in [1.807, 2.05) is 49.1 Å². The summed E-state index contributed by atoms with van der Waals surface area (Å²) in [5.74, 6) is 0.00145. The lowest BCUT2D eigenvalue weighted by molar-refractivity contribution is 0.0601. The van der Waals surface area contributed by atoms with Gasteiger partial charge in [-0.05, 0) is 50.1 Å². The van der Waals surface area contributed by atoms with Gasteiger partial charge in [0.15, 0.2) is 0 Å². The highest BCUT2D eigenvalue weighted by molar-refractivity contribution is 6.30. The molecule has 7 heteroatoms. The number of nitrogens with zero attached hydrogens (tertiary/aromatic N) is 2. The number of aromatic nitrogens is 2. The molecule has 0 fully saturated rings. The van der Waals surface area contributed by atoms with Gasteiger partial charge in [-0.2, -0.15) is 5.10 Å². The SMILES string of the molecule is CC(C)OCCCN1C(=O)c2[nH]nc(-c3ccccc3O)c2[C@H]1c1cccc(Cl)c1. The lowest BCUT2D eigenvalue weighted by Crippen LogP contribution is -2.31. The number of fused-ring (bicyclic) bond motifs is 1. The van der Waals surface area contributed by atoms with Gasteiger partial charge in [0.25, 0.3) is 5.91 Å². The summed E-state index contributed by atoms with van der Waals surface area (Å²) in [7, 11) is 0. The second kappa shape index (κ2) is 8.50. The van der Waals surface area contributed by atoms with Gasteiger partial charge in [0.05, 0.1) is 12.1 Å². The largest absolute Gasteiger partial charge is 0.507 e. The molecule has 0 saturated heterocycles. The van der Waals surface area contributed by atoms with E-state index in [2.05, 4.69) is 10.2 Å². The molecule has 156 valence electrons. The summed E-state index contributed by atoms with van der Waals surface area (Å²) in [5, 5.41) is 18.3. The highest BCUT2D eigenvalue weighted by Gasteiger charge is 2.42. The Kier molecular flexibility index (Phi) is 5.79. The minimum atomic E-state index is -0.349.